The van der Waals surface area contributed by atoms with Crippen LogP contribution in [-0.4, -0.2) is 9.97 Å². The Labute approximate surface area is 74.9 Å². The van der Waals surface area contributed by atoms with Crippen molar-refractivity contribution in [3.8, 4) is 0 Å². The quantitative estimate of drug-likeness (QED) is 0.715. The Morgan fingerprint density at radius 3 is 2.92 bits per heavy atom. The Balaban J connectivity index is 2.62. The van der Waals surface area contributed by atoms with Crippen molar-refractivity contribution in [2.75, 3.05) is 0 Å². The molecule has 1 heterocycles. The third-order valence-electron chi connectivity index (χ3n) is 1.63. The molecule has 0 amide bonds. The number of halogens is 1. The summed E-state index contributed by atoms with van der Waals surface area (Å²) in [6, 6.07) is 7.86. The maximum absolute atomic E-state index is 5.42. The summed E-state index contributed by atoms with van der Waals surface area (Å²) in [4.78, 5) is 7.39. The zero-order valence-electron chi connectivity index (χ0n) is 6.29. The van der Waals surface area contributed by atoms with Gasteiger partial charge in [-0.15, -0.1) is 0 Å². The van der Waals surface area contributed by atoms with E-state index in [2.05, 4.69) is 9.97 Å². The summed E-state index contributed by atoms with van der Waals surface area (Å²) in [5.74, 6) is 0.784. The van der Waals surface area contributed by atoms with Crippen molar-refractivity contribution in [2.45, 2.75) is 0 Å². The second-order valence-corrected chi connectivity index (χ2v) is 2.68. The summed E-state index contributed by atoms with van der Waals surface area (Å²) in [7, 11) is 0. The van der Waals surface area contributed by atoms with Gasteiger partial charge in [-0.3, -0.25) is 0 Å². The molecular weight excluding hydrogens is 172 g/mol. The van der Waals surface area contributed by atoms with Crippen molar-refractivity contribution in [2.24, 2.45) is 0 Å². The van der Waals surface area contributed by atoms with Crippen LogP contribution in [0.3, 0.4) is 0 Å². The van der Waals surface area contributed by atoms with Crippen LogP contribution in [0.5, 0.6) is 0 Å². The van der Waals surface area contributed by atoms with Gasteiger partial charge in [0, 0.05) is 5.54 Å². The maximum Gasteiger partial charge on any atom is 0.132 e. The van der Waals surface area contributed by atoms with Gasteiger partial charge in [0.1, 0.15) is 5.82 Å². The van der Waals surface area contributed by atoms with Crippen molar-refractivity contribution in [3.63, 3.8) is 0 Å². The molecule has 60 valence electrons. The van der Waals surface area contributed by atoms with E-state index in [1.54, 1.807) is 6.08 Å². The van der Waals surface area contributed by atoms with Gasteiger partial charge in [-0.1, -0.05) is 23.7 Å². The van der Waals surface area contributed by atoms with E-state index < -0.39 is 0 Å². The summed E-state index contributed by atoms with van der Waals surface area (Å²) < 4.78 is 0. The average Bonchev–Trinajstić information content (AvgIpc) is 2.47. The van der Waals surface area contributed by atoms with E-state index in [4.69, 9.17) is 11.6 Å². The number of H-pyrrole nitrogens is 1. The predicted octanol–water partition coefficient (Wildman–Crippen LogP) is 2.77. The monoisotopic (exact) mass is 178 g/mol. The molecule has 1 N–H and O–H groups in total. The molecular formula is C9H7ClN2. The number of aromatic nitrogens is 2. The lowest BCUT2D eigenvalue weighted by molar-refractivity contribution is 1.29. The van der Waals surface area contributed by atoms with Crippen LogP contribution in [0.4, 0.5) is 0 Å². The second kappa shape index (κ2) is 2.99. The Kier molecular flexibility index (Phi) is 1.84. The first-order valence-corrected chi connectivity index (χ1v) is 4.05. The summed E-state index contributed by atoms with van der Waals surface area (Å²) in [5.41, 5.74) is 3.43. The molecule has 3 heteroatoms. The third-order valence-corrected chi connectivity index (χ3v) is 1.75. The van der Waals surface area contributed by atoms with E-state index in [0.29, 0.717) is 0 Å². The van der Waals surface area contributed by atoms with Crippen molar-refractivity contribution in [3.05, 3.63) is 35.6 Å². The highest BCUT2D eigenvalue weighted by Gasteiger charge is 1.96. The predicted molar refractivity (Wildman–Crippen MR) is 51.0 cm³/mol. The molecule has 0 radical (unpaired) electrons. The number of nitrogens with one attached hydrogen (secondary N) is 1. The molecule has 2 aromatic rings. The Hall–Kier alpha value is -1.28. The highest BCUT2D eigenvalue weighted by molar-refractivity contribution is 6.27. The van der Waals surface area contributed by atoms with Crippen LogP contribution in [0.1, 0.15) is 5.82 Å². The Morgan fingerprint density at radius 2 is 2.17 bits per heavy atom. The van der Waals surface area contributed by atoms with Gasteiger partial charge in [0.25, 0.3) is 0 Å². The number of para-hydroxylation sites is 2. The molecule has 12 heavy (non-hydrogen) atoms. The largest absolute Gasteiger partial charge is 0.338 e. The minimum atomic E-state index is 0.784. The lowest BCUT2D eigenvalue weighted by Gasteiger charge is -1.81. The molecule has 0 saturated carbocycles. The minimum Gasteiger partial charge on any atom is -0.338 e. The highest BCUT2D eigenvalue weighted by atomic mass is 35.5. The van der Waals surface area contributed by atoms with E-state index in [1.807, 2.05) is 24.3 Å². The van der Waals surface area contributed by atoms with Crippen LogP contribution in [0.2, 0.25) is 0 Å². The zero-order chi connectivity index (χ0) is 8.39. The number of hydrogen-bond donors (Lipinski definition) is 1. The van der Waals surface area contributed by atoms with Crippen LogP contribution in [0.15, 0.2) is 29.8 Å². The van der Waals surface area contributed by atoms with Gasteiger partial charge in [0.2, 0.25) is 0 Å². The molecule has 1 aromatic heterocycles. The second-order valence-electron chi connectivity index (χ2n) is 2.43. The smallest absolute Gasteiger partial charge is 0.132 e. The first-order valence-electron chi connectivity index (χ1n) is 3.61. The number of benzene rings is 1. The first kappa shape index (κ1) is 7.37. The topological polar surface area (TPSA) is 28.7 Å². The fourth-order valence-corrected chi connectivity index (χ4v) is 1.23. The SMILES string of the molecule is Cl/C=C/c1nc2ccccc2[nH]1. The van der Waals surface area contributed by atoms with Crippen LogP contribution >= 0.6 is 11.6 Å². The first-order chi connectivity index (χ1) is 5.90. The summed E-state index contributed by atoms with van der Waals surface area (Å²) >= 11 is 5.42. The van der Waals surface area contributed by atoms with Crippen LogP contribution in [0, 0.1) is 0 Å². The van der Waals surface area contributed by atoms with Crippen LogP contribution in [0.25, 0.3) is 17.1 Å². The lowest BCUT2D eigenvalue weighted by Crippen LogP contribution is -1.70. The third kappa shape index (κ3) is 1.21. The van der Waals surface area contributed by atoms with Gasteiger partial charge in [-0.05, 0) is 18.2 Å². The van der Waals surface area contributed by atoms with Gasteiger partial charge in [0.15, 0.2) is 0 Å². The molecule has 0 fully saturated rings. The van der Waals surface area contributed by atoms with Gasteiger partial charge in [0.05, 0.1) is 11.0 Å². The molecule has 0 bridgehead atoms. The van der Waals surface area contributed by atoms with Gasteiger partial charge in [-0.25, -0.2) is 4.98 Å². The normalized spacial score (nSPS) is 11.4. The molecule has 0 aliphatic carbocycles. The van der Waals surface area contributed by atoms with E-state index in [9.17, 15) is 0 Å². The van der Waals surface area contributed by atoms with Crippen molar-refractivity contribution in [1.82, 2.24) is 9.97 Å². The van der Waals surface area contributed by atoms with E-state index in [1.165, 1.54) is 5.54 Å². The molecule has 1 aromatic carbocycles. The zero-order valence-corrected chi connectivity index (χ0v) is 7.05. The van der Waals surface area contributed by atoms with Crippen LogP contribution in [-0.2, 0) is 0 Å². The van der Waals surface area contributed by atoms with E-state index in [0.717, 1.165) is 16.9 Å². The van der Waals surface area contributed by atoms with Gasteiger partial charge in [-0.2, -0.15) is 0 Å². The van der Waals surface area contributed by atoms with Gasteiger partial charge >= 0.3 is 0 Å². The number of fused-ring (bicyclic) bond motifs is 1. The number of aromatic amines is 1. The standard InChI is InChI=1S/C9H7ClN2/c10-6-5-9-11-7-3-1-2-4-8(7)12-9/h1-6H,(H,11,12)/b6-5+. The molecule has 0 saturated heterocycles. The average molecular weight is 179 g/mol. The Morgan fingerprint density at radius 1 is 1.33 bits per heavy atom. The summed E-state index contributed by atoms with van der Waals surface area (Å²) in [6.07, 6.45) is 1.72. The van der Waals surface area contributed by atoms with E-state index >= 15 is 0 Å². The molecule has 2 nitrogen and oxygen atoms in total. The van der Waals surface area contributed by atoms with Crippen LogP contribution < -0.4 is 0 Å². The molecule has 0 spiro atoms. The highest BCUT2D eigenvalue weighted by Crippen LogP contribution is 2.10. The Bertz CT molecular complexity index is 384. The van der Waals surface area contributed by atoms with Crippen molar-refractivity contribution < 1.29 is 0 Å². The van der Waals surface area contributed by atoms with E-state index in [-0.39, 0.29) is 0 Å². The summed E-state index contributed by atoms with van der Waals surface area (Å²) in [5, 5.41) is 0. The van der Waals surface area contributed by atoms with Crippen molar-refractivity contribution in [1.29, 1.82) is 0 Å². The molecule has 0 aliphatic heterocycles. The fourth-order valence-electron chi connectivity index (χ4n) is 1.11. The number of hydrogen-bond acceptors (Lipinski definition) is 1. The minimum absolute atomic E-state index is 0.784. The molecule has 0 unspecified atom stereocenters. The fraction of sp³-hybridized carbons (Fsp3) is 0. The number of rotatable bonds is 1. The lowest BCUT2D eigenvalue weighted by atomic mass is 10.3. The van der Waals surface area contributed by atoms with Crippen molar-refractivity contribution >= 4 is 28.7 Å². The molecule has 0 aliphatic rings. The van der Waals surface area contributed by atoms with Gasteiger partial charge < -0.3 is 4.98 Å². The number of imidazole rings is 1. The molecule has 0 atom stereocenters. The summed E-state index contributed by atoms with van der Waals surface area (Å²) in [6.45, 7) is 0. The molecule has 2 rings (SSSR count). The maximum atomic E-state index is 5.42. The number of nitrogens with zero attached hydrogens (tertiary/aromatic N) is 1.